The summed E-state index contributed by atoms with van der Waals surface area (Å²) in [6, 6.07) is 16.5. The molecule has 0 atom stereocenters. The maximum atomic E-state index is 11.8. The third-order valence-electron chi connectivity index (χ3n) is 3.34. The predicted molar refractivity (Wildman–Crippen MR) is 97.5 cm³/mol. The summed E-state index contributed by atoms with van der Waals surface area (Å²) in [7, 11) is 0. The zero-order chi connectivity index (χ0) is 17.5. The van der Waals surface area contributed by atoms with Gasteiger partial charge in [0.25, 0.3) is 0 Å². The Morgan fingerprint density at radius 3 is 2.60 bits per heavy atom. The number of amides is 2. The van der Waals surface area contributed by atoms with Crippen molar-refractivity contribution in [2.45, 2.75) is 13.0 Å². The Balaban J connectivity index is 1.37. The van der Waals surface area contributed by atoms with Gasteiger partial charge in [-0.3, -0.25) is 4.79 Å². The van der Waals surface area contributed by atoms with Crippen molar-refractivity contribution >= 4 is 39.2 Å². The van der Waals surface area contributed by atoms with Crippen LogP contribution in [0.2, 0.25) is 0 Å². The quantitative estimate of drug-likeness (QED) is 0.663. The summed E-state index contributed by atoms with van der Waals surface area (Å²) in [5, 5.41) is 6.05. The number of para-hydroxylation sites is 2. The lowest BCUT2D eigenvalue weighted by Gasteiger charge is -2.07. The van der Waals surface area contributed by atoms with Crippen LogP contribution in [-0.2, 0) is 16.1 Å². The average molecular weight is 355 g/mol. The summed E-state index contributed by atoms with van der Waals surface area (Å²) in [6.07, 6.45) is 0.104. The lowest BCUT2D eigenvalue weighted by molar-refractivity contribution is -0.144. The van der Waals surface area contributed by atoms with Gasteiger partial charge in [-0.05, 0) is 24.3 Å². The second kappa shape index (κ2) is 8.25. The summed E-state index contributed by atoms with van der Waals surface area (Å²) < 4.78 is 6.26. The third kappa shape index (κ3) is 5.02. The summed E-state index contributed by atoms with van der Waals surface area (Å²) >= 11 is 1.50. The van der Waals surface area contributed by atoms with Gasteiger partial charge in [0.05, 0.1) is 16.6 Å². The van der Waals surface area contributed by atoms with Crippen LogP contribution in [0, 0.1) is 0 Å². The molecule has 2 aromatic carbocycles. The van der Waals surface area contributed by atoms with E-state index in [1.54, 1.807) is 12.1 Å². The fraction of sp³-hybridized carbons (Fsp3) is 0.167. The Labute approximate surface area is 148 Å². The molecule has 3 rings (SSSR count). The number of aromatic nitrogens is 1. The van der Waals surface area contributed by atoms with E-state index in [9.17, 15) is 9.59 Å². The van der Waals surface area contributed by atoms with E-state index in [1.807, 2.05) is 42.5 Å². The molecular formula is C18H17N3O3S. The smallest absolute Gasteiger partial charge is 0.319 e. The molecule has 0 aliphatic heterocycles. The first kappa shape index (κ1) is 16.9. The molecular weight excluding hydrogens is 338 g/mol. The zero-order valence-electron chi connectivity index (χ0n) is 13.4. The van der Waals surface area contributed by atoms with E-state index in [2.05, 4.69) is 15.6 Å². The van der Waals surface area contributed by atoms with E-state index in [-0.39, 0.29) is 31.6 Å². The number of nitrogens with one attached hydrogen (secondary N) is 2. The van der Waals surface area contributed by atoms with E-state index in [1.165, 1.54) is 11.3 Å². The minimum atomic E-state index is -0.376. The number of carbonyl (C=O) groups excluding carboxylic acids is 2. The van der Waals surface area contributed by atoms with Crippen LogP contribution in [0.25, 0.3) is 10.2 Å². The second-order valence-electron chi connectivity index (χ2n) is 5.23. The molecule has 2 amide bonds. The van der Waals surface area contributed by atoms with Gasteiger partial charge in [0.15, 0.2) is 0 Å². The summed E-state index contributed by atoms with van der Waals surface area (Å²) in [5.74, 6) is -0.376. The van der Waals surface area contributed by atoms with E-state index in [0.717, 1.165) is 15.2 Å². The van der Waals surface area contributed by atoms with Gasteiger partial charge < -0.3 is 15.4 Å². The van der Waals surface area contributed by atoms with Gasteiger partial charge in [0.1, 0.15) is 11.6 Å². The highest BCUT2D eigenvalue weighted by Crippen LogP contribution is 2.21. The molecule has 0 saturated heterocycles. The Hall–Kier alpha value is -2.93. The molecule has 25 heavy (non-hydrogen) atoms. The van der Waals surface area contributed by atoms with Gasteiger partial charge in [-0.1, -0.05) is 30.3 Å². The molecule has 0 aliphatic carbocycles. The molecule has 0 fully saturated rings. The monoisotopic (exact) mass is 355 g/mol. The lowest BCUT2D eigenvalue weighted by atomic mass is 10.3. The molecule has 0 aliphatic rings. The summed E-state index contributed by atoms with van der Waals surface area (Å²) in [6.45, 7) is 0.353. The molecule has 0 saturated carbocycles. The number of rotatable bonds is 6. The van der Waals surface area contributed by atoms with Crippen LogP contribution >= 0.6 is 11.3 Å². The maximum absolute atomic E-state index is 11.8. The predicted octanol–water partition coefficient (Wildman–Crippen LogP) is 3.55. The number of hydrogen-bond acceptors (Lipinski definition) is 5. The number of benzene rings is 2. The molecule has 2 N–H and O–H groups in total. The van der Waals surface area contributed by atoms with Gasteiger partial charge in [-0.15, -0.1) is 11.3 Å². The van der Waals surface area contributed by atoms with Crippen molar-refractivity contribution in [3.63, 3.8) is 0 Å². The Morgan fingerprint density at radius 2 is 1.80 bits per heavy atom. The lowest BCUT2D eigenvalue weighted by Crippen LogP contribution is -2.30. The average Bonchev–Trinajstić information content (AvgIpc) is 3.04. The molecule has 0 radical (unpaired) electrons. The molecule has 0 unspecified atom stereocenters. The Bertz CT molecular complexity index is 831. The first-order valence-electron chi connectivity index (χ1n) is 7.81. The van der Waals surface area contributed by atoms with Crippen molar-refractivity contribution < 1.29 is 14.3 Å². The number of carbonyl (C=O) groups is 2. The first-order valence-corrected chi connectivity index (χ1v) is 8.62. The summed E-state index contributed by atoms with van der Waals surface area (Å²) in [4.78, 5) is 27.8. The molecule has 0 bridgehead atoms. The molecule has 1 aromatic heterocycles. The van der Waals surface area contributed by atoms with Crippen LogP contribution in [0.1, 0.15) is 11.4 Å². The van der Waals surface area contributed by atoms with Gasteiger partial charge in [-0.2, -0.15) is 0 Å². The standard InChI is InChI=1S/C18H17N3O3S/c22-17(10-11-19-18(23)20-13-6-2-1-3-7-13)24-12-16-21-14-8-4-5-9-15(14)25-16/h1-9H,10-12H2,(H2,19,20,23). The minimum Gasteiger partial charge on any atom is -0.458 e. The maximum Gasteiger partial charge on any atom is 0.319 e. The topological polar surface area (TPSA) is 80.3 Å². The molecule has 3 aromatic rings. The van der Waals surface area contributed by atoms with E-state index in [4.69, 9.17) is 4.74 Å². The number of ether oxygens (including phenoxy) is 1. The highest BCUT2D eigenvalue weighted by molar-refractivity contribution is 7.18. The number of thiazole rings is 1. The van der Waals surface area contributed by atoms with E-state index in [0.29, 0.717) is 5.69 Å². The van der Waals surface area contributed by atoms with Gasteiger partial charge in [-0.25, -0.2) is 9.78 Å². The highest BCUT2D eigenvalue weighted by Gasteiger charge is 2.08. The van der Waals surface area contributed by atoms with Crippen LogP contribution in [0.4, 0.5) is 10.5 Å². The fourth-order valence-electron chi connectivity index (χ4n) is 2.17. The number of anilines is 1. The van der Waals surface area contributed by atoms with Crippen LogP contribution < -0.4 is 10.6 Å². The summed E-state index contributed by atoms with van der Waals surface area (Å²) in [5.41, 5.74) is 1.59. The van der Waals surface area contributed by atoms with Crippen molar-refractivity contribution in [3.05, 3.63) is 59.6 Å². The van der Waals surface area contributed by atoms with Crippen molar-refractivity contribution in [2.24, 2.45) is 0 Å². The van der Waals surface area contributed by atoms with Gasteiger partial charge in [0, 0.05) is 12.2 Å². The molecule has 6 nitrogen and oxygen atoms in total. The minimum absolute atomic E-state index is 0.104. The van der Waals surface area contributed by atoms with Gasteiger partial charge >= 0.3 is 12.0 Å². The molecule has 0 spiro atoms. The third-order valence-corrected chi connectivity index (χ3v) is 4.35. The number of urea groups is 1. The van der Waals surface area contributed by atoms with Crippen molar-refractivity contribution in [3.8, 4) is 0 Å². The van der Waals surface area contributed by atoms with Crippen LogP contribution in [0.5, 0.6) is 0 Å². The number of nitrogens with zero attached hydrogens (tertiary/aromatic N) is 1. The second-order valence-corrected chi connectivity index (χ2v) is 6.35. The Kier molecular flexibility index (Phi) is 5.58. The SMILES string of the molecule is O=C(NCCC(=O)OCc1nc2ccccc2s1)Nc1ccccc1. The highest BCUT2D eigenvalue weighted by atomic mass is 32.1. The molecule has 1 heterocycles. The van der Waals surface area contributed by atoms with E-state index < -0.39 is 0 Å². The first-order chi connectivity index (χ1) is 12.2. The van der Waals surface area contributed by atoms with E-state index >= 15 is 0 Å². The Morgan fingerprint density at radius 1 is 1.04 bits per heavy atom. The largest absolute Gasteiger partial charge is 0.458 e. The number of fused-ring (bicyclic) bond motifs is 1. The number of hydrogen-bond donors (Lipinski definition) is 2. The zero-order valence-corrected chi connectivity index (χ0v) is 14.2. The van der Waals surface area contributed by atoms with Crippen molar-refractivity contribution in [2.75, 3.05) is 11.9 Å². The fourth-order valence-corrected chi connectivity index (χ4v) is 3.05. The van der Waals surface area contributed by atoms with Crippen LogP contribution in [0.3, 0.4) is 0 Å². The molecule has 128 valence electrons. The van der Waals surface area contributed by atoms with Crippen LogP contribution in [-0.4, -0.2) is 23.5 Å². The molecule has 7 heteroatoms. The number of esters is 1. The van der Waals surface area contributed by atoms with Crippen molar-refractivity contribution in [1.82, 2.24) is 10.3 Å². The van der Waals surface area contributed by atoms with Crippen LogP contribution in [0.15, 0.2) is 54.6 Å². The van der Waals surface area contributed by atoms with Gasteiger partial charge in [0.2, 0.25) is 0 Å². The normalized spacial score (nSPS) is 10.4. The van der Waals surface area contributed by atoms with Crippen molar-refractivity contribution in [1.29, 1.82) is 0 Å².